The van der Waals surface area contributed by atoms with Gasteiger partial charge in [-0.05, 0) is 42.0 Å². The van der Waals surface area contributed by atoms with Crippen LogP contribution in [-0.4, -0.2) is 18.7 Å². The summed E-state index contributed by atoms with van der Waals surface area (Å²) < 4.78 is 0. The number of rotatable bonds is 4. The average molecular weight is 335 g/mol. The Morgan fingerprint density at radius 1 is 1.20 bits per heavy atom. The van der Waals surface area contributed by atoms with E-state index in [0.29, 0.717) is 19.4 Å². The Bertz CT molecular complexity index is 769. The van der Waals surface area contributed by atoms with Crippen LogP contribution in [0.5, 0.6) is 0 Å². The number of carbonyl (C=O) groups excluding carboxylic acids is 2. The van der Waals surface area contributed by atoms with Crippen molar-refractivity contribution in [3.8, 4) is 0 Å². The van der Waals surface area contributed by atoms with E-state index >= 15 is 0 Å². The van der Waals surface area contributed by atoms with Gasteiger partial charge >= 0.3 is 0 Å². The van der Waals surface area contributed by atoms with Crippen LogP contribution in [0, 0.1) is 6.92 Å². The minimum absolute atomic E-state index is 0.0143. The lowest BCUT2D eigenvalue weighted by molar-refractivity contribution is -0.121. The number of nitrogens with one attached hydrogen (secondary N) is 1. The highest BCUT2D eigenvalue weighted by molar-refractivity contribution is 5.81. The maximum absolute atomic E-state index is 12.5. The SMILES string of the molecule is CCc1ccc([C@@]2(C=O)CCNC(=O)C[C@H]2c2ccccc2)c(C)c1. The van der Waals surface area contributed by atoms with Crippen molar-refractivity contribution in [2.45, 2.75) is 44.4 Å². The minimum atomic E-state index is -0.684. The topological polar surface area (TPSA) is 46.2 Å². The van der Waals surface area contributed by atoms with E-state index in [1.165, 1.54) is 5.56 Å². The lowest BCUT2D eigenvalue weighted by Gasteiger charge is -2.36. The van der Waals surface area contributed by atoms with Crippen molar-refractivity contribution >= 4 is 12.2 Å². The molecule has 0 radical (unpaired) electrons. The van der Waals surface area contributed by atoms with E-state index in [1.54, 1.807) is 0 Å². The summed E-state index contributed by atoms with van der Waals surface area (Å²) in [7, 11) is 0. The molecule has 25 heavy (non-hydrogen) atoms. The van der Waals surface area contributed by atoms with Crippen molar-refractivity contribution in [1.82, 2.24) is 5.32 Å². The molecule has 0 spiro atoms. The number of hydrogen-bond donors (Lipinski definition) is 1. The minimum Gasteiger partial charge on any atom is -0.356 e. The first-order valence-electron chi connectivity index (χ1n) is 8.98. The summed E-state index contributed by atoms with van der Waals surface area (Å²) >= 11 is 0. The van der Waals surface area contributed by atoms with Gasteiger partial charge in [0.2, 0.25) is 5.91 Å². The molecule has 1 heterocycles. The zero-order valence-corrected chi connectivity index (χ0v) is 14.9. The number of hydrogen-bond acceptors (Lipinski definition) is 2. The Morgan fingerprint density at radius 2 is 1.96 bits per heavy atom. The highest BCUT2D eigenvalue weighted by atomic mass is 16.1. The Balaban J connectivity index is 2.18. The van der Waals surface area contributed by atoms with Crippen LogP contribution in [-0.2, 0) is 21.4 Å². The van der Waals surface area contributed by atoms with Crippen LogP contribution in [0.15, 0.2) is 48.5 Å². The first-order valence-corrected chi connectivity index (χ1v) is 8.98. The summed E-state index contributed by atoms with van der Waals surface area (Å²) in [6.45, 7) is 4.72. The van der Waals surface area contributed by atoms with Crippen LogP contribution in [0.4, 0.5) is 0 Å². The third-order valence-corrected chi connectivity index (χ3v) is 5.48. The summed E-state index contributed by atoms with van der Waals surface area (Å²) in [5.74, 6) is -0.139. The van der Waals surface area contributed by atoms with Crippen molar-refractivity contribution in [3.05, 3.63) is 70.8 Å². The molecule has 2 aromatic rings. The van der Waals surface area contributed by atoms with Gasteiger partial charge in [0, 0.05) is 18.9 Å². The average Bonchev–Trinajstić information content (AvgIpc) is 2.81. The largest absolute Gasteiger partial charge is 0.356 e. The normalized spacial score (nSPS) is 23.6. The summed E-state index contributed by atoms with van der Waals surface area (Å²) in [6.07, 6.45) is 3.00. The molecule has 1 aliphatic heterocycles. The van der Waals surface area contributed by atoms with E-state index in [9.17, 15) is 9.59 Å². The number of aryl methyl sites for hydroxylation is 2. The first-order chi connectivity index (χ1) is 12.1. The van der Waals surface area contributed by atoms with Crippen LogP contribution < -0.4 is 5.32 Å². The number of amides is 1. The Morgan fingerprint density at radius 3 is 2.60 bits per heavy atom. The van der Waals surface area contributed by atoms with E-state index in [1.807, 2.05) is 30.3 Å². The lowest BCUT2D eigenvalue weighted by Crippen LogP contribution is -2.37. The smallest absolute Gasteiger partial charge is 0.220 e. The number of benzene rings is 2. The van der Waals surface area contributed by atoms with Crippen LogP contribution in [0.1, 0.15) is 47.9 Å². The molecule has 3 nitrogen and oxygen atoms in total. The van der Waals surface area contributed by atoms with Crippen molar-refractivity contribution in [2.75, 3.05) is 6.54 Å². The van der Waals surface area contributed by atoms with Gasteiger partial charge < -0.3 is 10.1 Å². The van der Waals surface area contributed by atoms with E-state index in [0.717, 1.165) is 29.4 Å². The van der Waals surface area contributed by atoms with Crippen molar-refractivity contribution < 1.29 is 9.59 Å². The molecule has 0 saturated carbocycles. The van der Waals surface area contributed by atoms with E-state index < -0.39 is 5.41 Å². The highest BCUT2D eigenvalue weighted by Crippen LogP contribution is 2.45. The van der Waals surface area contributed by atoms with Crippen LogP contribution >= 0.6 is 0 Å². The second kappa shape index (κ2) is 7.22. The molecular formula is C22H25NO2. The zero-order chi connectivity index (χ0) is 17.9. The molecule has 0 unspecified atom stereocenters. The molecule has 130 valence electrons. The van der Waals surface area contributed by atoms with E-state index in [2.05, 4.69) is 37.4 Å². The first kappa shape index (κ1) is 17.4. The van der Waals surface area contributed by atoms with Crippen molar-refractivity contribution in [3.63, 3.8) is 0 Å². The fourth-order valence-electron chi connectivity index (χ4n) is 4.12. The molecule has 1 fully saturated rings. The summed E-state index contributed by atoms with van der Waals surface area (Å²) in [5.41, 5.74) is 3.80. The monoisotopic (exact) mass is 335 g/mol. The molecule has 1 amide bonds. The van der Waals surface area contributed by atoms with Crippen molar-refractivity contribution in [2.24, 2.45) is 0 Å². The van der Waals surface area contributed by atoms with Crippen molar-refractivity contribution in [1.29, 1.82) is 0 Å². The predicted molar refractivity (Wildman–Crippen MR) is 99.7 cm³/mol. The van der Waals surface area contributed by atoms with Gasteiger partial charge in [0.25, 0.3) is 0 Å². The van der Waals surface area contributed by atoms with Gasteiger partial charge in [-0.2, -0.15) is 0 Å². The Kier molecular flexibility index (Phi) is 5.03. The molecular weight excluding hydrogens is 310 g/mol. The molecule has 1 N–H and O–H groups in total. The van der Waals surface area contributed by atoms with Crippen LogP contribution in [0.3, 0.4) is 0 Å². The highest BCUT2D eigenvalue weighted by Gasteiger charge is 2.44. The van der Waals surface area contributed by atoms with E-state index in [-0.39, 0.29) is 11.8 Å². The Labute approximate surface area is 149 Å². The molecule has 2 atom stereocenters. The van der Waals surface area contributed by atoms with Gasteiger partial charge in [-0.15, -0.1) is 0 Å². The summed E-state index contributed by atoms with van der Waals surface area (Å²) in [6, 6.07) is 16.3. The molecule has 1 saturated heterocycles. The third kappa shape index (κ3) is 3.23. The van der Waals surface area contributed by atoms with Gasteiger partial charge in [0.05, 0.1) is 5.41 Å². The Hall–Kier alpha value is -2.42. The maximum atomic E-state index is 12.5. The van der Waals surface area contributed by atoms with Gasteiger partial charge in [0.15, 0.2) is 0 Å². The lowest BCUT2D eigenvalue weighted by atomic mass is 9.64. The molecule has 0 bridgehead atoms. The zero-order valence-electron chi connectivity index (χ0n) is 14.9. The predicted octanol–water partition coefficient (Wildman–Crippen LogP) is 3.69. The van der Waals surface area contributed by atoms with Gasteiger partial charge in [-0.1, -0.05) is 55.5 Å². The fraction of sp³-hybridized carbons (Fsp3) is 0.364. The van der Waals surface area contributed by atoms with Crippen LogP contribution in [0.25, 0.3) is 0 Å². The van der Waals surface area contributed by atoms with Gasteiger partial charge in [-0.25, -0.2) is 0 Å². The molecule has 0 aromatic heterocycles. The third-order valence-electron chi connectivity index (χ3n) is 5.48. The molecule has 2 aromatic carbocycles. The molecule has 0 aliphatic carbocycles. The standard InChI is InChI=1S/C22H25NO2/c1-3-17-9-10-19(16(2)13-17)22(15-24)11-12-23-21(25)14-20(22)18-7-5-4-6-8-18/h4-10,13,15,20H,3,11-12,14H2,1-2H3,(H,23,25)/t20-,22-/m0/s1. The fourth-order valence-corrected chi connectivity index (χ4v) is 4.12. The molecule has 1 aliphatic rings. The molecule has 3 rings (SSSR count). The quantitative estimate of drug-likeness (QED) is 0.866. The van der Waals surface area contributed by atoms with Crippen LogP contribution in [0.2, 0.25) is 0 Å². The second-order valence-corrected chi connectivity index (χ2v) is 6.93. The number of aldehydes is 1. The molecule has 3 heteroatoms. The summed E-state index contributed by atoms with van der Waals surface area (Å²) in [4.78, 5) is 24.8. The maximum Gasteiger partial charge on any atom is 0.220 e. The number of carbonyl (C=O) groups is 2. The van der Waals surface area contributed by atoms with Gasteiger partial charge in [0.1, 0.15) is 6.29 Å². The summed E-state index contributed by atoms with van der Waals surface area (Å²) in [5, 5.41) is 2.95. The van der Waals surface area contributed by atoms with Gasteiger partial charge in [-0.3, -0.25) is 4.79 Å². The second-order valence-electron chi connectivity index (χ2n) is 6.93. The van der Waals surface area contributed by atoms with E-state index in [4.69, 9.17) is 0 Å².